The molecule has 0 saturated heterocycles. The SMILES string of the molecule is CC(C(=O)NCC(CO)Cc1ccccn1)c1ccc(Cl)s1. The number of aliphatic hydroxyl groups excluding tert-OH is 1. The second-order valence-corrected chi connectivity index (χ2v) is 6.93. The fourth-order valence-corrected chi connectivity index (χ4v) is 3.22. The first-order valence-electron chi connectivity index (χ1n) is 7.14. The van der Waals surface area contributed by atoms with E-state index < -0.39 is 0 Å². The molecule has 2 unspecified atom stereocenters. The lowest BCUT2D eigenvalue weighted by Gasteiger charge is -2.16. The molecule has 22 heavy (non-hydrogen) atoms. The fraction of sp³-hybridized carbons (Fsp3) is 0.375. The number of hydrogen-bond donors (Lipinski definition) is 2. The molecule has 2 N–H and O–H groups in total. The van der Waals surface area contributed by atoms with E-state index in [1.165, 1.54) is 11.3 Å². The van der Waals surface area contributed by atoms with E-state index in [9.17, 15) is 9.90 Å². The van der Waals surface area contributed by atoms with Gasteiger partial charge in [0.25, 0.3) is 0 Å². The van der Waals surface area contributed by atoms with Gasteiger partial charge in [0.05, 0.1) is 10.3 Å². The summed E-state index contributed by atoms with van der Waals surface area (Å²) in [6, 6.07) is 9.35. The van der Waals surface area contributed by atoms with Crippen LogP contribution in [0.2, 0.25) is 4.34 Å². The molecule has 0 spiro atoms. The van der Waals surface area contributed by atoms with Crippen LogP contribution in [0.4, 0.5) is 0 Å². The minimum absolute atomic E-state index is 0.00999. The van der Waals surface area contributed by atoms with Crippen molar-refractivity contribution >= 4 is 28.8 Å². The van der Waals surface area contributed by atoms with Crippen molar-refractivity contribution in [3.05, 3.63) is 51.4 Å². The van der Waals surface area contributed by atoms with Gasteiger partial charge >= 0.3 is 0 Å². The average Bonchev–Trinajstić information content (AvgIpc) is 2.97. The predicted molar refractivity (Wildman–Crippen MR) is 89.3 cm³/mol. The Kier molecular flexibility index (Phi) is 6.36. The number of aromatic nitrogens is 1. The molecule has 0 saturated carbocycles. The van der Waals surface area contributed by atoms with Crippen LogP contribution >= 0.6 is 22.9 Å². The van der Waals surface area contributed by atoms with Crippen LogP contribution in [0.25, 0.3) is 0 Å². The lowest BCUT2D eigenvalue weighted by atomic mass is 10.0. The number of halogens is 1. The van der Waals surface area contributed by atoms with Crippen molar-refractivity contribution in [3.63, 3.8) is 0 Å². The molecule has 1 amide bonds. The number of aliphatic hydroxyl groups is 1. The van der Waals surface area contributed by atoms with Gasteiger partial charge in [0.1, 0.15) is 0 Å². The molecule has 2 aromatic rings. The van der Waals surface area contributed by atoms with Crippen LogP contribution in [0.3, 0.4) is 0 Å². The summed E-state index contributed by atoms with van der Waals surface area (Å²) in [5.74, 6) is -0.345. The minimum atomic E-state index is -0.244. The van der Waals surface area contributed by atoms with Crippen molar-refractivity contribution in [3.8, 4) is 0 Å². The van der Waals surface area contributed by atoms with E-state index >= 15 is 0 Å². The Morgan fingerprint density at radius 3 is 2.82 bits per heavy atom. The molecule has 0 aliphatic heterocycles. The van der Waals surface area contributed by atoms with E-state index in [2.05, 4.69) is 10.3 Å². The standard InChI is InChI=1S/C16H19ClN2O2S/c1-11(14-5-6-15(17)22-14)16(21)19-9-12(10-20)8-13-4-2-3-7-18-13/h2-7,11-12,20H,8-10H2,1H3,(H,19,21). The quantitative estimate of drug-likeness (QED) is 0.816. The minimum Gasteiger partial charge on any atom is -0.396 e. The number of amides is 1. The summed E-state index contributed by atoms with van der Waals surface area (Å²) in [5, 5.41) is 12.4. The van der Waals surface area contributed by atoms with E-state index in [0.29, 0.717) is 17.3 Å². The predicted octanol–water partition coefficient (Wildman–Crippen LogP) is 2.87. The maximum Gasteiger partial charge on any atom is 0.228 e. The maximum atomic E-state index is 12.2. The second kappa shape index (κ2) is 8.27. The van der Waals surface area contributed by atoms with Crippen molar-refractivity contribution in [2.45, 2.75) is 19.3 Å². The molecule has 6 heteroatoms. The third-order valence-corrected chi connectivity index (χ3v) is 4.88. The van der Waals surface area contributed by atoms with Crippen LogP contribution in [0.5, 0.6) is 0 Å². The Hall–Kier alpha value is -1.43. The van der Waals surface area contributed by atoms with Gasteiger partial charge in [-0.05, 0) is 37.6 Å². The molecule has 2 rings (SSSR count). The molecule has 2 heterocycles. The Morgan fingerprint density at radius 1 is 1.41 bits per heavy atom. The Balaban J connectivity index is 1.86. The molecule has 0 radical (unpaired) electrons. The first-order chi connectivity index (χ1) is 10.6. The lowest BCUT2D eigenvalue weighted by Crippen LogP contribution is -2.34. The highest BCUT2D eigenvalue weighted by Gasteiger charge is 2.18. The van der Waals surface area contributed by atoms with Crippen LogP contribution in [0, 0.1) is 5.92 Å². The van der Waals surface area contributed by atoms with E-state index in [1.54, 1.807) is 12.3 Å². The van der Waals surface area contributed by atoms with E-state index in [4.69, 9.17) is 11.6 Å². The molecule has 0 aromatic carbocycles. The van der Waals surface area contributed by atoms with E-state index in [1.807, 2.05) is 31.2 Å². The Labute approximate surface area is 139 Å². The summed E-state index contributed by atoms with van der Waals surface area (Å²) in [6.07, 6.45) is 2.36. The highest BCUT2D eigenvalue weighted by molar-refractivity contribution is 7.16. The number of nitrogens with one attached hydrogen (secondary N) is 1. The highest BCUT2D eigenvalue weighted by atomic mass is 35.5. The second-order valence-electron chi connectivity index (χ2n) is 5.18. The first kappa shape index (κ1) is 16.9. The van der Waals surface area contributed by atoms with Crippen molar-refractivity contribution in [1.29, 1.82) is 0 Å². The molecule has 2 aromatic heterocycles. The summed E-state index contributed by atoms with van der Waals surface area (Å²) in [7, 11) is 0. The van der Waals surface area contributed by atoms with Crippen LogP contribution in [0.15, 0.2) is 36.5 Å². The van der Waals surface area contributed by atoms with Gasteiger partial charge in [-0.2, -0.15) is 0 Å². The molecular weight excluding hydrogens is 320 g/mol. The van der Waals surface area contributed by atoms with Crippen LogP contribution in [-0.2, 0) is 11.2 Å². The van der Waals surface area contributed by atoms with Crippen molar-refractivity contribution in [2.24, 2.45) is 5.92 Å². The zero-order chi connectivity index (χ0) is 15.9. The zero-order valence-electron chi connectivity index (χ0n) is 12.3. The van der Waals surface area contributed by atoms with Gasteiger partial charge < -0.3 is 10.4 Å². The van der Waals surface area contributed by atoms with Crippen LogP contribution < -0.4 is 5.32 Å². The van der Waals surface area contributed by atoms with Gasteiger partial charge in [0.2, 0.25) is 5.91 Å². The smallest absolute Gasteiger partial charge is 0.228 e. The first-order valence-corrected chi connectivity index (χ1v) is 8.33. The number of rotatable bonds is 7. The molecular formula is C16H19ClN2O2S. The molecule has 0 bridgehead atoms. The van der Waals surface area contributed by atoms with Gasteiger partial charge in [-0.3, -0.25) is 9.78 Å². The van der Waals surface area contributed by atoms with Gasteiger partial charge in [0.15, 0.2) is 0 Å². The monoisotopic (exact) mass is 338 g/mol. The molecule has 0 aliphatic carbocycles. The van der Waals surface area contributed by atoms with E-state index in [0.717, 1.165) is 10.6 Å². The third kappa shape index (κ3) is 4.80. The van der Waals surface area contributed by atoms with Gasteiger partial charge in [-0.25, -0.2) is 0 Å². The number of nitrogens with zero attached hydrogens (tertiary/aromatic N) is 1. The normalized spacial score (nSPS) is 13.6. The third-order valence-electron chi connectivity index (χ3n) is 3.46. The number of pyridine rings is 1. The summed E-state index contributed by atoms with van der Waals surface area (Å²) in [5.41, 5.74) is 0.911. The molecule has 4 nitrogen and oxygen atoms in total. The Morgan fingerprint density at radius 2 is 2.23 bits per heavy atom. The summed E-state index contributed by atoms with van der Waals surface area (Å²) in [4.78, 5) is 17.4. The number of thiophene rings is 1. The summed E-state index contributed by atoms with van der Waals surface area (Å²) in [6.45, 7) is 2.29. The molecule has 118 valence electrons. The average molecular weight is 339 g/mol. The zero-order valence-corrected chi connectivity index (χ0v) is 13.9. The Bertz CT molecular complexity index is 603. The maximum absolute atomic E-state index is 12.2. The summed E-state index contributed by atoms with van der Waals surface area (Å²) < 4.78 is 0.679. The molecule has 0 aliphatic rings. The topological polar surface area (TPSA) is 62.2 Å². The number of carbonyl (C=O) groups excluding carboxylic acids is 1. The molecule has 2 atom stereocenters. The van der Waals surface area contributed by atoms with Gasteiger partial charge in [-0.1, -0.05) is 17.7 Å². The van der Waals surface area contributed by atoms with Crippen molar-refractivity contribution in [1.82, 2.24) is 10.3 Å². The lowest BCUT2D eigenvalue weighted by molar-refractivity contribution is -0.122. The number of hydrogen-bond acceptors (Lipinski definition) is 4. The van der Waals surface area contributed by atoms with Crippen LogP contribution in [0.1, 0.15) is 23.4 Å². The number of carbonyl (C=O) groups is 1. The van der Waals surface area contributed by atoms with Gasteiger partial charge in [-0.15, -0.1) is 11.3 Å². The van der Waals surface area contributed by atoms with Gasteiger partial charge in [0, 0.05) is 35.8 Å². The van der Waals surface area contributed by atoms with Crippen molar-refractivity contribution in [2.75, 3.05) is 13.2 Å². The fourth-order valence-electron chi connectivity index (χ4n) is 2.10. The highest BCUT2D eigenvalue weighted by Crippen LogP contribution is 2.28. The van der Waals surface area contributed by atoms with Crippen LogP contribution in [-0.4, -0.2) is 29.1 Å². The largest absolute Gasteiger partial charge is 0.396 e. The van der Waals surface area contributed by atoms with E-state index in [-0.39, 0.29) is 24.3 Å². The van der Waals surface area contributed by atoms with Crippen molar-refractivity contribution < 1.29 is 9.90 Å². The summed E-state index contributed by atoms with van der Waals surface area (Å²) >= 11 is 7.31. The molecule has 0 fully saturated rings.